The highest BCUT2D eigenvalue weighted by atomic mass is 35.5. The SMILES string of the molecule is Cc1ccc(NC(=O)C(C)Cc2ccc3c(c2)CN(C2CCC(=O)NC2=O)C3=O)cc1Cl. The number of amides is 4. The van der Waals surface area contributed by atoms with E-state index in [1.807, 2.05) is 38.1 Å². The van der Waals surface area contributed by atoms with Crippen LogP contribution in [0.5, 0.6) is 0 Å². The average Bonchev–Trinajstić information content (AvgIpc) is 3.06. The van der Waals surface area contributed by atoms with Gasteiger partial charge in [0.25, 0.3) is 5.91 Å². The van der Waals surface area contributed by atoms with Gasteiger partial charge >= 0.3 is 0 Å². The summed E-state index contributed by atoms with van der Waals surface area (Å²) in [6.45, 7) is 4.06. The lowest BCUT2D eigenvalue weighted by Crippen LogP contribution is -2.52. The van der Waals surface area contributed by atoms with Crippen LogP contribution in [-0.4, -0.2) is 34.6 Å². The Hall–Kier alpha value is -3.19. The van der Waals surface area contributed by atoms with E-state index in [0.29, 0.717) is 35.7 Å². The monoisotopic (exact) mass is 453 g/mol. The molecule has 2 N–H and O–H groups in total. The molecule has 2 atom stereocenters. The van der Waals surface area contributed by atoms with Gasteiger partial charge in [-0.2, -0.15) is 0 Å². The summed E-state index contributed by atoms with van der Waals surface area (Å²) < 4.78 is 0. The van der Waals surface area contributed by atoms with E-state index in [4.69, 9.17) is 11.6 Å². The summed E-state index contributed by atoms with van der Waals surface area (Å²) >= 11 is 6.13. The van der Waals surface area contributed by atoms with E-state index in [1.54, 1.807) is 12.1 Å². The van der Waals surface area contributed by atoms with Crippen LogP contribution in [0.15, 0.2) is 36.4 Å². The van der Waals surface area contributed by atoms with Crippen molar-refractivity contribution in [2.45, 2.75) is 45.7 Å². The summed E-state index contributed by atoms with van der Waals surface area (Å²) in [6, 6.07) is 10.3. The number of piperidine rings is 1. The van der Waals surface area contributed by atoms with Gasteiger partial charge in [0.1, 0.15) is 6.04 Å². The molecule has 8 heteroatoms. The molecule has 1 saturated heterocycles. The summed E-state index contributed by atoms with van der Waals surface area (Å²) in [5.41, 5.74) is 3.92. The lowest BCUT2D eigenvalue weighted by Gasteiger charge is -2.29. The third kappa shape index (κ3) is 4.39. The van der Waals surface area contributed by atoms with Gasteiger partial charge < -0.3 is 10.2 Å². The number of rotatable bonds is 5. The van der Waals surface area contributed by atoms with Gasteiger partial charge in [-0.1, -0.05) is 36.7 Å². The topological polar surface area (TPSA) is 95.6 Å². The number of nitrogens with zero attached hydrogens (tertiary/aromatic N) is 1. The number of aryl methyl sites for hydroxylation is 1. The number of carbonyl (C=O) groups excluding carboxylic acids is 4. The number of hydrogen-bond acceptors (Lipinski definition) is 4. The lowest BCUT2D eigenvalue weighted by molar-refractivity contribution is -0.137. The van der Waals surface area contributed by atoms with Crippen molar-refractivity contribution in [1.29, 1.82) is 0 Å². The van der Waals surface area contributed by atoms with E-state index in [0.717, 1.165) is 16.7 Å². The van der Waals surface area contributed by atoms with Crippen LogP contribution in [0.4, 0.5) is 5.69 Å². The molecule has 0 aromatic heterocycles. The van der Waals surface area contributed by atoms with Crippen molar-refractivity contribution in [3.05, 3.63) is 63.7 Å². The number of halogens is 1. The molecule has 0 aliphatic carbocycles. The van der Waals surface area contributed by atoms with Crippen LogP contribution < -0.4 is 10.6 Å². The second-order valence-corrected chi connectivity index (χ2v) is 8.86. The van der Waals surface area contributed by atoms with Crippen molar-refractivity contribution in [2.75, 3.05) is 5.32 Å². The van der Waals surface area contributed by atoms with Crippen molar-refractivity contribution >= 4 is 40.9 Å². The van der Waals surface area contributed by atoms with E-state index >= 15 is 0 Å². The van der Waals surface area contributed by atoms with Crippen LogP contribution in [0.25, 0.3) is 0 Å². The predicted octanol–water partition coefficient (Wildman–Crippen LogP) is 3.23. The summed E-state index contributed by atoms with van der Waals surface area (Å²) in [4.78, 5) is 50.6. The minimum atomic E-state index is -0.637. The first-order valence-electron chi connectivity index (χ1n) is 10.6. The molecule has 2 unspecified atom stereocenters. The zero-order chi connectivity index (χ0) is 23.0. The van der Waals surface area contributed by atoms with Crippen LogP contribution in [-0.2, 0) is 27.3 Å². The van der Waals surface area contributed by atoms with Crippen molar-refractivity contribution in [1.82, 2.24) is 10.2 Å². The Morgan fingerprint density at radius 2 is 2.00 bits per heavy atom. The van der Waals surface area contributed by atoms with E-state index in [2.05, 4.69) is 10.6 Å². The van der Waals surface area contributed by atoms with Gasteiger partial charge in [0.15, 0.2) is 0 Å². The molecular formula is C24H24ClN3O4. The normalized spacial score (nSPS) is 18.9. The number of nitrogens with one attached hydrogen (secondary N) is 2. The Labute approximate surface area is 191 Å². The Morgan fingerprint density at radius 3 is 2.72 bits per heavy atom. The third-order valence-electron chi connectivity index (χ3n) is 6.02. The molecule has 2 aliphatic heterocycles. The van der Waals surface area contributed by atoms with Crippen molar-refractivity contribution in [3.63, 3.8) is 0 Å². The van der Waals surface area contributed by atoms with Crippen LogP contribution in [0.2, 0.25) is 5.02 Å². The van der Waals surface area contributed by atoms with Gasteiger partial charge in [-0.15, -0.1) is 0 Å². The van der Waals surface area contributed by atoms with Crippen LogP contribution in [0.1, 0.15) is 46.8 Å². The first kappa shape index (κ1) is 22.0. The highest BCUT2D eigenvalue weighted by Gasteiger charge is 2.39. The number of anilines is 1. The van der Waals surface area contributed by atoms with Crippen molar-refractivity contribution in [2.24, 2.45) is 5.92 Å². The van der Waals surface area contributed by atoms with Crippen molar-refractivity contribution < 1.29 is 19.2 Å². The molecule has 0 saturated carbocycles. The van der Waals surface area contributed by atoms with E-state index < -0.39 is 11.9 Å². The molecule has 2 aromatic rings. The lowest BCUT2D eigenvalue weighted by atomic mass is 9.97. The fourth-order valence-electron chi connectivity index (χ4n) is 4.14. The summed E-state index contributed by atoms with van der Waals surface area (Å²) in [5.74, 6) is -1.35. The largest absolute Gasteiger partial charge is 0.326 e. The number of fused-ring (bicyclic) bond motifs is 1. The standard InChI is InChI=1S/C24H24ClN3O4/c1-13-3-5-17(11-19(13)25)26-22(30)14(2)9-15-4-6-18-16(10-15)12-28(24(18)32)20-7-8-21(29)27-23(20)31/h3-6,10-11,14,20H,7-9,12H2,1-2H3,(H,26,30)(H,27,29,31). The number of benzene rings is 2. The molecule has 166 valence electrons. The summed E-state index contributed by atoms with van der Waals surface area (Å²) in [5, 5.41) is 5.79. The third-order valence-corrected chi connectivity index (χ3v) is 6.42. The van der Waals surface area contributed by atoms with Gasteiger partial charge in [-0.3, -0.25) is 24.5 Å². The quantitative estimate of drug-likeness (QED) is 0.679. The summed E-state index contributed by atoms with van der Waals surface area (Å²) in [6.07, 6.45) is 1.06. The highest BCUT2D eigenvalue weighted by Crippen LogP contribution is 2.29. The fourth-order valence-corrected chi connectivity index (χ4v) is 4.32. The first-order chi connectivity index (χ1) is 15.2. The zero-order valence-corrected chi connectivity index (χ0v) is 18.7. The minimum Gasteiger partial charge on any atom is -0.326 e. The molecule has 4 amide bonds. The molecule has 1 fully saturated rings. The molecular weight excluding hydrogens is 430 g/mol. The second-order valence-electron chi connectivity index (χ2n) is 8.45. The number of hydrogen-bond donors (Lipinski definition) is 2. The molecule has 2 aromatic carbocycles. The predicted molar refractivity (Wildman–Crippen MR) is 120 cm³/mol. The summed E-state index contributed by atoms with van der Waals surface area (Å²) in [7, 11) is 0. The maximum absolute atomic E-state index is 12.8. The smallest absolute Gasteiger partial charge is 0.255 e. The van der Waals surface area contributed by atoms with Gasteiger partial charge in [0.2, 0.25) is 17.7 Å². The molecule has 2 heterocycles. The maximum Gasteiger partial charge on any atom is 0.255 e. The zero-order valence-electron chi connectivity index (χ0n) is 17.9. The van der Waals surface area contributed by atoms with E-state index in [1.165, 1.54) is 4.90 Å². The molecule has 4 rings (SSSR count). The fraction of sp³-hybridized carbons (Fsp3) is 0.333. The number of carbonyl (C=O) groups is 4. The van der Waals surface area contributed by atoms with Crippen LogP contribution in [0.3, 0.4) is 0 Å². The Kier molecular flexibility index (Phi) is 6.02. The van der Waals surface area contributed by atoms with Gasteiger partial charge in [-0.05, 0) is 54.7 Å². The Morgan fingerprint density at radius 1 is 1.22 bits per heavy atom. The molecule has 0 bridgehead atoms. The average molecular weight is 454 g/mol. The maximum atomic E-state index is 12.8. The molecule has 7 nitrogen and oxygen atoms in total. The van der Waals surface area contributed by atoms with Crippen molar-refractivity contribution in [3.8, 4) is 0 Å². The highest BCUT2D eigenvalue weighted by molar-refractivity contribution is 6.31. The van der Waals surface area contributed by atoms with E-state index in [9.17, 15) is 19.2 Å². The van der Waals surface area contributed by atoms with Gasteiger partial charge in [0, 0.05) is 35.2 Å². The van der Waals surface area contributed by atoms with Crippen LogP contribution >= 0.6 is 11.6 Å². The van der Waals surface area contributed by atoms with E-state index in [-0.39, 0.29) is 30.1 Å². The van der Waals surface area contributed by atoms with Gasteiger partial charge in [0.05, 0.1) is 0 Å². The van der Waals surface area contributed by atoms with Crippen LogP contribution in [0, 0.1) is 12.8 Å². The minimum absolute atomic E-state index is 0.119. The molecule has 0 radical (unpaired) electrons. The second kappa shape index (κ2) is 8.74. The molecule has 0 spiro atoms. The Bertz CT molecular complexity index is 1130. The van der Waals surface area contributed by atoms with Gasteiger partial charge in [-0.25, -0.2) is 0 Å². The first-order valence-corrected chi connectivity index (χ1v) is 10.9. The Balaban J connectivity index is 1.42. The molecule has 2 aliphatic rings. The molecule has 32 heavy (non-hydrogen) atoms. The number of imide groups is 1.